The van der Waals surface area contributed by atoms with Crippen molar-refractivity contribution in [3.63, 3.8) is 0 Å². The van der Waals surface area contributed by atoms with Gasteiger partial charge < -0.3 is 5.32 Å². The average Bonchev–Trinajstić information content (AvgIpc) is 2.45. The number of rotatable bonds is 6. The Morgan fingerprint density at radius 1 is 1.00 bits per heavy atom. The molecule has 0 saturated heterocycles. The second-order valence-electron chi connectivity index (χ2n) is 5.65. The van der Waals surface area contributed by atoms with Gasteiger partial charge in [0.15, 0.2) is 0 Å². The van der Waals surface area contributed by atoms with Crippen LogP contribution in [0.5, 0.6) is 0 Å². The van der Waals surface area contributed by atoms with Gasteiger partial charge in [-0.1, -0.05) is 48.0 Å². The summed E-state index contributed by atoms with van der Waals surface area (Å²) in [6, 6.07) is 15.7. The summed E-state index contributed by atoms with van der Waals surface area (Å²) < 4.78 is 0. The molecular weight excluding hydrogens is 274 g/mol. The average molecular weight is 299 g/mol. The molecule has 0 aliphatic carbocycles. The van der Waals surface area contributed by atoms with E-state index in [1.54, 1.807) is 0 Å². The molecule has 1 unspecified atom stereocenters. The second-order valence-corrected chi connectivity index (χ2v) is 6.68. The molecule has 2 heteroatoms. The van der Waals surface area contributed by atoms with Crippen molar-refractivity contribution in [3.8, 4) is 0 Å². The smallest absolute Gasteiger partial charge is 0.0414 e. The van der Waals surface area contributed by atoms with Crippen molar-refractivity contribution in [2.45, 2.75) is 32.6 Å². The molecule has 0 spiro atoms. The first-order chi connectivity index (χ1) is 10.1. The highest BCUT2D eigenvalue weighted by Crippen LogP contribution is 2.27. The maximum absolute atomic E-state index is 3.48. The molecule has 2 aromatic rings. The molecule has 0 aliphatic rings. The molecule has 0 amide bonds. The Kier molecular flexibility index (Phi) is 5.89. The Balaban J connectivity index is 2.03. The predicted octanol–water partition coefficient (Wildman–Crippen LogP) is 4.81. The van der Waals surface area contributed by atoms with E-state index in [-0.39, 0.29) is 0 Å². The van der Waals surface area contributed by atoms with E-state index in [9.17, 15) is 0 Å². The molecule has 1 N–H and O–H groups in total. The van der Waals surface area contributed by atoms with E-state index in [0.717, 1.165) is 11.5 Å². The number of thioether (sulfide) groups is 1. The van der Waals surface area contributed by atoms with Crippen molar-refractivity contribution in [2.24, 2.45) is 0 Å². The quantitative estimate of drug-likeness (QED) is 0.822. The van der Waals surface area contributed by atoms with Gasteiger partial charge in [0.2, 0.25) is 0 Å². The Morgan fingerprint density at radius 3 is 2.19 bits per heavy atom. The SMILES string of the molecule is CNC(CSCc1ccccc1)c1c(C)cc(C)cc1C. The fourth-order valence-electron chi connectivity index (χ4n) is 2.92. The summed E-state index contributed by atoms with van der Waals surface area (Å²) in [5.74, 6) is 2.17. The van der Waals surface area contributed by atoms with Crippen molar-refractivity contribution in [1.82, 2.24) is 5.32 Å². The molecule has 0 aliphatic heterocycles. The Labute approximate surface area is 133 Å². The number of hydrogen-bond donors (Lipinski definition) is 1. The minimum atomic E-state index is 0.416. The van der Waals surface area contributed by atoms with Crippen molar-refractivity contribution >= 4 is 11.8 Å². The summed E-state index contributed by atoms with van der Waals surface area (Å²) in [7, 11) is 2.06. The van der Waals surface area contributed by atoms with Crippen LogP contribution in [0.2, 0.25) is 0 Å². The lowest BCUT2D eigenvalue weighted by atomic mass is 9.95. The third-order valence-corrected chi connectivity index (χ3v) is 4.94. The molecule has 1 nitrogen and oxygen atoms in total. The van der Waals surface area contributed by atoms with Gasteiger partial charge in [0.05, 0.1) is 0 Å². The molecule has 0 radical (unpaired) electrons. The lowest BCUT2D eigenvalue weighted by Crippen LogP contribution is -2.21. The van der Waals surface area contributed by atoms with E-state index >= 15 is 0 Å². The molecule has 0 heterocycles. The van der Waals surface area contributed by atoms with Crippen molar-refractivity contribution < 1.29 is 0 Å². The monoisotopic (exact) mass is 299 g/mol. The van der Waals surface area contributed by atoms with Gasteiger partial charge in [-0.05, 0) is 50.1 Å². The Bertz CT molecular complexity index is 554. The number of benzene rings is 2. The number of nitrogens with one attached hydrogen (secondary N) is 1. The molecule has 0 bridgehead atoms. The van der Waals surface area contributed by atoms with E-state index < -0.39 is 0 Å². The maximum atomic E-state index is 3.48. The van der Waals surface area contributed by atoms with E-state index in [2.05, 4.69) is 75.6 Å². The number of hydrogen-bond acceptors (Lipinski definition) is 2. The number of aryl methyl sites for hydroxylation is 3. The van der Waals surface area contributed by atoms with Crippen LogP contribution in [0.1, 0.15) is 33.9 Å². The molecule has 112 valence electrons. The molecule has 0 aromatic heterocycles. The molecule has 2 aromatic carbocycles. The van der Waals surface area contributed by atoms with Crippen molar-refractivity contribution in [3.05, 3.63) is 70.3 Å². The van der Waals surface area contributed by atoms with Crippen LogP contribution in [-0.4, -0.2) is 12.8 Å². The van der Waals surface area contributed by atoms with Crippen molar-refractivity contribution in [1.29, 1.82) is 0 Å². The van der Waals surface area contributed by atoms with Gasteiger partial charge in [-0.15, -0.1) is 0 Å². The van der Waals surface area contributed by atoms with E-state index in [0.29, 0.717) is 6.04 Å². The standard InChI is InChI=1S/C19H25NS/c1-14-10-15(2)19(16(3)11-14)18(20-4)13-21-12-17-8-6-5-7-9-17/h5-11,18,20H,12-13H2,1-4H3. The van der Waals surface area contributed by atoms with Crippen LogP contribution in [0.25, 0.3) is 0 Å². The molecule has 1 atom stereocenters. The van der Waals surface area contributed by atoms with Crippen molar-refractivity contribution in [2.75, 3.05) is 12.8 Å². The highest BCUT2D eigenvalue weighted by Gasteiger charge is 2.14. The van der Waals surface area contributed by atoms with Crippen LogP contribution in [-0.2, 0) is 5.75 Å². The highest BCUT2D eigenvalue weighted by atomic mass is 32.2. The van der Waals surface area contributed by atoms with Gasteiger partial charge in [-0.25, -0.2) is 0 Å². The summed E-state index contributed by atoms with van der Waals surface area (Å²) in [5.41, 5.74) is 7.00. The second kappa shape index (κ2) is 7.67. The molecule has 21 heavy (non-hydrogen) atoms. The van der Waals surface area contributed by atoms with Crippen LogP contribution in [0, 0.1) is 20.8 Å². The predicted molar refractivity (Wildman–Crippen MR) is 95.1 cm³/mol. The summed E-state index contributed by atoms with van der Waals surface area (Å²) in [4.78, 5) is 0. The van der Waals surface area contributed by atoms with Crippen LogP contribution in [0.15, 0.2) is 42.5 Å². The highest BCUT2D eigenvalue weighted by molar-refractivity contribution is 7.98. The van der Waals surface area contributed by atoms with Crippen LogP contribution >= 0.6 is 11.8 Å². The van der Waals surface area contributed by atoms with E-state index in [4.69, 9.17) is 0 Å². The molecule has 0 fully saturated rings. The van der Waals surface area contributed by atoms with Crippen LogP contribution in [0.3, 0.4) is 0 Å². The van der Waals surface area contributed by atoms with Gasteiger partial charge in [0, 0.05) is 17.5 Å². The Morgan fingerprint density at radius 2 is 1.62 bits per heavy atom. The first-order valence-corrected chi connectivity index (χ1v) is 8.64. The first-order valence-electron chi connectivity index (χ1n) is 7.48. The maximum Gasteiger partial charge on any atom is 0.0414 e. The van der Waals surface area contributed by atoms with E-state index in [1.165, 1.54) is 27.8 Å². The van der Waals surface area contributed by atoms with Gasteiger partial charge in [-0.2, -0.15) is 11.8 Å². The summed E-state index contributed by atoms with van der Waals surface area (Å²) in [5, 5.41) is 3.48. The zero-order valence-electron chi connectivity index (χ0n) is 13.4. The Hall–Kier alpha value is -1.25. The third-order valence-electron chi connectivity index (χ3n) is 3.83. The first kappa shape index (κ1) is 16.1. The third kappa shape index (κ3) is 4.36. The zero-order chi connectivity index (χ0) is 15.2. The minimum Gasteiger partial charge on any atom is -0.312 e. The van der Waals surface area contributed by atoms with E-state index in [1.807, 2.05) is 11.8 Å². The summed E-state index contributed by atoms with van der Waals surface area (Å²) >= 11 is 1.99. The van der Waals surface area contributed by atoms with Crippen LogP contribution < -0.4 is 5.32 Å². The molecule has 2 rings (SSSR count). The topological polar surface area (TPSA) is 12.0 Å². The van der Waals surface area contributed by atoms with Gasteiger partial charge in [-0.3, -0.25) is 0 Å². The zero-order valence-corrected chi connectivity index (χ0v) is 14.3. The fraction of sp³-hybridized carbons (Fsp3) is 0.368. The lowest BCUT2D eigenvalue weighted by molar-refractivity contribution is 0.653. The lowest BCUT2D eigenvalue weighted by Gasteiger charge is -2.21. The van der Waals surface area contributed by atoms with Gasteiger partial charge >= 0.3 is 0 Å². The molecular formula is C19H25NS. The molecule has 0 saturated carbocycles. The van der Waals surface area contributed by atoms with Crippen LogP contribution in [0.4, 0.5) is 0 Å². The normalized spacial score (nSPS) is 12.4. The summed E-state index contributed by atoms with van der Waals surface area (Å²) in [6.07, 6.45) is 0. The fourth-order valence-corrected chi connectivity index (χ4v) is 4.04. The summed E-state index contributed by atoms with van der Waals surface area (Å²) in [6.45, 7) is 6.62. The minimum absolute atomic E-state index is 0.416. The largest absolute Gasteiger partial charge is 0.312 e. The van der Waals surface area contributed by atoms with Gasteiger partial charge in [0.25, 0.3) is 0 Å². The van der Waals surface area contributed by atoms with Gasteiger partial charge in [0.1, 0.15) is 0 Å².